The van der Waals surface area contributed by atoms with Crippen molar-refractivity contribution in [2.75, 3.05) is 13.2 Å². The van der Waals surface area contributed by atoms with Gasteiger partial charge in [0.05, 0.1) is 4.90 Å². The highest BCUT2D eigenvalue weighted by Crippen LogP contribution is 2.25. The standard InChI is InChI=1S/C18H23NO4S/c1-15-8-10-16(11-9-15)24(20,21)23-18(17-7-3-6-14-22-17)19-12-4-2-5-13-19/h2,4-5,8-12,17-18H,3,6-7,13-14H2,1H3. The number of hydrogen-bond acceptors (Lipinski definition) is 5. The SMILES string of the molecule is Cc1ccc(S(=O)(=O)OC(C2CCCCO2)N2C=CC=CC2)cc1. The molecule has 3 rings (SSSR count). The molecule has 0 bridgehead atoms. The molecule has 0 radical (unpaired) electrons. The molecule has 0 N–H and O–H groups in total. The first kappa shape index (κ1) is 17.2. The molecule has 2 aliphatic rings. The average Bonchev–Trinajstić information content (AvgIpc) is 2.62. The summed E-state index contributed by atoms with van der Waals surface area (Å²) in [6, 6.07) is 6.70. The summed E-state index contributed by atoms with van der Waals surface area (Å²) in [5.74, 6) is 0. The summed E-state index contributed by atoms with van der Waals surface area (Å²) in [4.78, 5) is 2.05. The molecule has 0 aliphatic carbocycles. The third-order valence-corrected chi connectivity index (χ3v) is 5.54. The van der Waals surface area contributed by atoms with Gasteiger partial charge in [0.1, 0.15) is 6.10 Å². The molecule has 5 nitrogen and oxygen atoms in total. The van der Waals surface area contributed by atoms with Crippen LogP contribution in [0.1, 0.15) is 24.8 Å². The molecule has 2 heterocycles. The van der Waals surface area contributed by atoms with Gasteiger partial charge in [-0.2, -0.15) is 8.42 Å². The maximum Gasteiger partial charge on any atom is 0.299 e. The third kappa shape index (κ3) is 4.06. The van der Waals surface area contributed by atoms with Crippen molar-refractivity contribution in [2.45, 2.75) is 43.4 Å². The molecule has 24 heavy (non-hydrogen) atoms. The Morgan fingerprint density at radius 2 is 2.00 bits per heavy atom. The minimum Gasteiger partial charge on any atom is -0.373 e. The summed E-state index contributed by atoms with van der Waals surface area (Å²) >= 11 is 0. The smallest absolute Gasteiger partial charge is 0.299 e. The molecule has 0 amide bonds. The maximum atomic E-state index is 12.7. The van der Waals surface area contributed by atoms with E-state index in [1.54, 1.807) is 24.3 Å². The van der Waals surface area contributed by atoms with Gasteiger partial charge in [-0.1, -0.05) is 29.8 Å². The molecule has 0 aromatic heterocycles. The van der Waals surface area contributed by atoms with Crippen molar-refractivity contribution < 1.29 is 17.3 Å². The van der Waals surface area contributed by atoms with Crippen molar-refractivity contribution in [3.05, 3.63) is 54.3 Å². The van der Waals surface area contributed by atoms with Crippen molar-refractivity contribution in [1.82, 2.24) is 4.90 Å². The maximum absolute atomic E-state index is 12.7. The first-order chi connectivity index (χ1) is 11.6. The van der Waals surface area contributed by atoms with E-state index in [0.717, 1.165) is 24.8 Å². The summed E-state index contributed by atoms with van der Waals surface area (Å²) in [5, 5.41) is 0. The zero-order valence-corrected chi connectivity index (χ0v) is 14.6. The number of allylic oxidation sites excluding steroid dienone is 2. The molecule has 1 aromatic rings. The minimum atomic E-state index is -3.85. The molecule has 1 aromatic carbocycles. The number of aryl methyl sites for hydroxylation is 1. The second-order valence-corrected chi connectivity index (χ2v) is 7.70. The largest absolute Gasteiger partial charge is 0.373 e. The number of ether oxygens (including phenoxy) is 1. The van der Waals surface area contributed by atoms with Crippen LogP contribution in [-0.4, -0.2) is 38.8 Å². The molecule has 2 unspecified atom stereocenters. The van der Waals surface area contributed by atoms with Crippen molar-refractivity contribution in [3.8, 4) is 0 Å². The Morgan fingerprint density at radius 3 is 2.62 bits per heavy atom. The first-order valence-corrected chi connectivity index (χ1v) is 9.68. The zero-order valence-electron chi connectivity index (χ0n) is 13.8. The summed E-state index contributed by atoms with van der Waals surface area (Å²) in [6.45, 7) is 3.16. The molecule has 0 spiro atoms. The normalized spacial score (nSPS) is 22.5. The minimum absolute atomic E-state index is 0.172. The predicted molar refractivity (Wildman–Crippen MR) is 91.8 cm³/mol. The van der Waals surface area contributed by atoms with Gasteiger partial charge in [0, 0.05) is 19.4 Å². The van der Waals surface area contributed by atoms with Crippen LogP contribution in [0.25, 0.3) is 0 Å². The highest BCUT2D eigenvalue weighted by Gasteiger charge is 2.34. The van der Waals surface area contributed by atoms with Crippen molar-refractivity contribution in [1.29, 1.82) is 0 Å². The number of hydrogen-bond donors (Lipinski definition) is 0. The molecular formula is C18H23NO4S. The Hall–Kier alpha value is -1.63. The molecule has 130 valence electrons. The second-order valence-electron chi connectivity index (χ2n) is 6.13. The van der Waals surface area contributed by atoms with E-state index in [9.17, 15) is 8.42 Å². The number of nitrogens with zero attached hydrogens (tertiary/aromatic N) is 1. The van der Waals surface area contributed by atoms with Crippen LogP contribution in [0.15, 0.2) is 53.6 Å². The average molecular weight is 349 g/mol. The molecule has 0 saturated carbocycles. The van der Waals surface area contributed by atoms with Gasteiger partial charge in [-0.25, -0.2) is 4.18 Å². The van der Waals surface area contributed by atoms with Crippen LogP contribution in [-0.2, 0) is 19.0 Å². The molecule has 1 saturated heterocycles. The van der Waals surface area contributed by atoms with Crippen LogP contribution in [0.4, 0.5) is 0 Å². The number of benzene rings is 1. The van der Waals surface area contributed by atoms with E-state index in [2.05, 4.69) is 0 Å². The Balaban J connectivity index is 1.83. The van der Waals surface area contributed by atoms with E-state index in [-0.39, 0.29) is 11.0 Å². The summed E-state index contributed by atoms with van der Waals surface area (Å²) < 4.78 is 36.8. The fraction of sp³-hybridized carbons (Fsp3) is 0.444. The Bertz CT molecular complexity index is 703. The lowest BCUT2D eigenvalue weighted by atomic mass is 10.1. The van der Waals surface area contributed by atoms with Gasteiger partial charge in [-0.15, -0.1) is 0 Å². The van der Waals surface area contributed by atoms with Crippen molar-refractivity contribution >= 4 is 10.1 Å². The highest BCUT2D eigenvalue weighted by molar-refractivity contribution is 7.86. The van der Waals surface area contributed by atoms with Gasteiger partial charge in [0.2, 0.25) is 0 Å². The Labute approximate surface area is 143 Å². The molecule has 2 aliphatic heterocycles. The molecule has 6 heteroatoms. The van der Waals surface area contributed by atoms with E-state index in [1.165, 1.54) is 0 Å². The Kier molecular flexibility index (Phi) is 5.38. The molecule has 2 atom stereocenters. The van der Waals surface area contributed by atoms with Crippen LogP contribution in [0.3, 0.4) is 0 Å². The van der Waals surface area contributed by atoms with Crippen LogP contribution in [0.5, 0.6) is 0 Å². The van der Waals surface area contributed by atoms with Gasteiger partial charge in [-0.05, 0) is 44.4 Å². The van der Waals surface area contributed by atoms with E-state index in [0.29, 0.717) is 13.2 Å². The van der Waals surface area contributed by atoms with Crippen LogP contribution in [0.2, 0.25) is 0 Å². The van der Waals surface area contributed by atoms with Crippen molar-refractivity contribution in [2.24, 2.45) is 0 Å². The van der Waals surface area contributed by atoms with Gasteiger partial charge >= 0.3 is 0 Å². The molecular weight excluding hydrogens is 326 g/mol. The Morgan fingerprint density at radius 1 is 1.21 bits per heavy atom. The second kappa shape index (κ2) is 7.51. The fourth-order valence-corrected chi connectivity index (χ4v) is 3.96. The van der Waals surface area contributed by atoms with Crippen LogP contribution >= 0.6 is 0 Å². The fourth-order valence-electron chi connectivity index (χ4n) is 2.88. The van der Waals surface area contributed by atoms with Gasteiger partial charge in [0.25, 0.3) is 10.1 Å². The quantitative estimate of drug-likeness (QED) is 0.765. The monoisotopic (exact) mass is 349 g/mol. The summed E-state index contributed by atoms with van der Waals surface area (Å²) in [7, 11) is -3.85. The lowest BCUT2D eigenvalue weighted by Gasteiger charge is -2.37. The predicted octanol–water partition coefficient (Wildman–Crippen LogP) is 2.98. The van der Waals surface area contributed by atoms with Crippen LogP contribution in [0, 0.1) is 6.92 Å². The lowest BCUT2D eigenvalue weighted by Crippen LogP contribution is -2.46. The number of rotatable bonds is 5. The zero-order chi connectivity index (χ0) is 17.0. The van der Waals surface area contributed by atoms with E-state index >= 15 is 0 Å². The first-order valence-electron chi connectivity index (χ1n) is 8.27. The van der Waals surface area contributed by atoms with E-state index in [4.69, 9.17) is 8.92 Å². The van der Waals surface area contributed by atoms with Crippen molar-refractivity contribution in [3.63, 3.8) is 0 Å². The van der Waals surface area contributed by atoms with Gasteiger partial charge in [-0.3, -0.25) is 0 Å². The third-order valence-electron chi connectivity index (χ3n) is 4.24. The van der Waals surface area contributed by atoms with Crippen LogP contribution < -0.4 is 0 Å². The van der Waals surface area contributed by atoms with E-state index < -0.39 is 16.3 Å². The lowest BCUT2D eigenvalue weighted by molar-refractivity contribution is -0.0961. The van der Waals surface area contributed by atoms with E-state index in [1.807, 2.05) is 36.3 Å². The molecule has 1 fully saturated rings. The summed E-state index contributed by atoms with van der Waals surface area (Å²) in [5.41, 5.74) is 1.00. The summed E-state index contributed by atoms with van der Waals surface area (Å²) in [6.07, 6.45) is 9.54. The highest BCUT2D eigenvalue weighted by atomic mass is 32.2. The topological polar surface area (TPSA) is 55.8 Å². The van der Waals surface area contributed by atoms with Gasteiger partial charge in [0.15, 0.2) is 6.23 Å². The van der Waals surface area contributed by atoms with Gasteiger partial charge < -0.3 is 9.64 Å².